The Morgan fingerprint density at radius 3 is 1.13 bits per heavy atom. The third kappa shape index (κ3) is 11.5. The molecule has 4 rings (SSSR count). The zero-order valence-corrected chi connectivity index (χ0v) is 34.4. The summed E-state index contributed by atoms with van der Waals surface area (Å²) >= 11 is 0. The van der Waals surface area contributed by atoms with Gasteiger partial charge in [0.25, 0.3) is 11.1 Å². The van der Waals surface area contributed by atoms with Gasteiger partial charge in [-0.15, -0.1) is 0 Å². The van der Waals surface area contributed by atoms with E-state index in [1.165, 1.54) is 23.2 Å². The van der Waals surface area contributed by atoms with Crippen molar-refractivity contribution in [1.29, 1.82) is 0 Å². The van der Waals surface area contributed by atoms with E-state index in [-0.39, 0.29) is 47.3 Å². The average molecular weight is 800 g/mol. The Labute approximate surface area is 329 Å². The van der Waals surface area contributed by atoms with Gasteiger partial charge in [0.15, 0.2) is 22.3 Å². The van der Waals surface area contributed by atoms with Crippen LogP contribution in [0.5, 0.6) is 0 Å². The summed E-state index contributed by atoms with van der Waals surface area (Å²) in [4.78, 5) is 60.9. The molecule has 0 bridgehead atoms. The fourth-order valence-corrected chi connectivity index (χ4v) is 6.91. The van der Waals surface area contributed by atoms with Crippen LogP contribution in [-0.4, -0.2) is 63.5 Å². The highest BCUT2D eigenvalue weighted by atomic mass is 35.5. The van der Waals surface area contributed by atoms with E-state index >= 15 is 0 Å². The Morgan fingerprint density at radius 2 is 0.778 bits per heavy atom. The van der Waals surface area contributed by atoms with Crippen LogP contribution in [-0.2, 0) is 41.3 Å². The summed E-state index contributed by atoms with van der Waals surface area (Å²) in [6.07, 6.45) is 17.1. The van der Waals surface area contributed by atoms with Crippen LogP contribution in [0.25, 0.3) is 22.3 Å². The van der Waals surface area contributed by atoms with E-state index in [4.69, 9.17) is 9.97 Å². The maximum absolute atomic E-state index is 13.2. The van der Waals surface area contributed by atoms with Crippen LogP contribution in [0.4, 0.5) is 11.9 Å². The van der Waals surface area contributed by atoms with Crippen LogP contribution < -0.4 is 69.4 Å². The second-order valence-electron chi connectivity index (χ2n) is 14.1. The van der Waals surface area contributed by atoms with E-state index in [0.29, 0.717) is 47.3 Å². The zero-order chi connectivity index (χ0) is 37.6. The monoisotopic (exact) mass is 798 g/mol. The van der Waals surface area contributed by atoms with Crippen molar-refractivity contribution in [3.05, 3.63) is 41.7 Å². The van der Waals surface area contributed by atoms with Crippen molar-refractivity contribution < 1.29 is 36.3 Å². The van der Waals surface area contributed by atoms with Crippen LogP contribution in [0.3, 0.4) is 0 Å². The first-order chi connectivity index (χ1) is 25.1. The molecule has 0 aromatic carbocycles. The van der Waals surface area contributed by atoms with E-state index in [2.05, 4.69) is 22.1 Å². The standard InChI is InChI=1S/C36H62N12O4.2ClH/c1-43-29-27(31(49)45(3)35(43)51)47(33(41-29)39-23-17-11-9-15-21-37)25-19-13-7-5-6-8-14-20-26-48-28-30(44(2)36(52)46(4)32(28)50)42-34(48)40-24-18-12-10-16-22-38;;/h5-26,37-38H2,1-4H3,(H,39,41)(H,40,42);2*1H. The third-order valence-electron chi connectivity index (χ3n) is 10.1. The Hall–Kier alpha value is -3.60. The van der Waals surface area contributed by atoms with Gasteiger partial charge in [-0.2, -0.15) is 9.97 Å². The smallest absolute Gasteiger partial charge is 0.332 e. The first-order valence-electron chi connectivity index (χ1n) is 19.5. The minimum absolute atomic E-state index is 0. The second-order valence-corrected chi connectivity index (χ2v) is 14.1. The molecule has 0 aliphatic carbocycles. The Kier molecular flexibility index (Phi) is 20.1. The number of nitrogens with zero attached hydrogens (tertiary/aromatic N) is 8. The highest BCUT2D eigenvalue weighted by Crippen LogP contribution is 2.20. The van der Waals surface area contributed by atoms with Gasteiger partial charge >= 0.3 is 11.4 Å². The molecule has 18 heteroatoms. The summed E-state index contributed by atoms with van der Waals surface area (Å²) in [7, 11) is 6.36. The van der Waals surface area contributed by atoms with Gasteiger partial charge in [-0.25, -0.2) is 9.59 Å². The molecule has 0 aliphatic heterocycles. The molecule has 4 aromatic heterocycles. The largest absolute Gasteiger partial charge is 1.00 e. The topological polar surface area (TPSA) is 203 Å². The number of rotatable bonds is 25. The number of hydrogen-bond acceptors (Lipinski definition) is 8. The Morgan fingerprint density at radius 1 is 0.463 bits per heavy atom. The lowest BCUT2D eigenvalue weighted by molar-refractivity contribution is -0.368. The maximum Gasteiger partial charge on any atom is 0.332 e. The first kappa shape index (κ1) is 46.6. The lowest BCUT2D eigenvalue weighted by Gasteiger charge is -2.11. The molecule has 16 nitrogen and oxygen atoms in total. The molecule has 0 aliphatic rings. The molecule has 306 valence electrons. The molecule has 0 saturated heterocycles. The van der Waals surface area contributed by atoms with Crippen molar-refractivity contribution in [2.45, 2.75) is 116 Å². The van der Waals surface area contributed by atoms with Crippen molar-refractivity contribution in [2.75, 3.05) is 36.8 Å². The zero-order valence-electron chi connectivity index (χ0n) is 32.9. The van der Waals surface area contributed by atoms with Crippen molar-refractivity contribution >= 4 is 34.2 Å². The minimum Gasteiger partial charge on any atom is -1.00 e. The molecule has 0 atom stereocenters. The van der Waals surface area contributed by atoms with Crippen molar-refractivity contribution in [2.24, 2.45) is 28.2 Å². The number of aryl methyl sites for hydroxylation is 4. The van der Waals surface area contributed by atoms with Crippen molar-refractivity contribution in [3.63, 3.8) is 0 Å². The number of aromatic nitrogens is 8. The number of fused-ring (bicyclic) bond motifs is 2. The van der Waals surface area contributed by atoms with Crippen molar-refractivity contribution in [3.8, 4) is 0 Å². The van der Waals surface area contributed by atoms with Gasteiger partial charge in [0, 0.05) is 54.4 Å². The lowest BCUT2D eigenvalue weighted by atomic mass is 10.1. The fraction of sp³-hybridized carbons (Fsp3) is 0.722. The van der Waals surface area contributed by atoms with Gasteiger partial charge in [0.05, 0.1) is 13.1 Å². The molecule has 4 heterocycles. The third-order valence-corrected chi connectivity index (χ3v) is 10.1. The fourth-order valence-electron chi connectivity index (χ4n) is 6.91. The van der Waals surface area contributed by atoms with Gasteiger partial charge in [-0.3, -0.25) is 27.9 Å². The molecule has 54 heavy (non-hydrogen) atoms. The summed E-state index contributed by atoms with van der Waals surface area (Å²) in [5, 5.41) is 6.87. The molecular weight excluding hydrogens is 735 g/mol. The molecule has 0 saturated carbocycles. The van der Waals surface area contributed by atoms with E-state index in [1.807, 2.05) is 9.13 Å². The Bertz CT molecular complexity index is 1850. The number of halogens is 2. The number of unbranched alkanes of at least 4 members (excludes halogenated alkanes) is 13. The molecule has 0 radical (unpaired) electrons. The van der Waals surface area contributed by atoms with Crippen LogP contribution in [0.15, 0.2) is 19.2 Å². The SMILES string of the molecule is Cn1c(=O)c2c(nc(NCCCCCC[NH3+])n2CCCCCCCCCCn2c(NCCCCCC[NH3+])nc3c2c(=O)n(C)c(=O)n3C)n(C)c1=O.[Cl-].[Cl-]. The predicted octanol–water partition coefficient (Wildman–Crippen LogP) is -4.56. The van der Waals surface area contributed by atoms with Gasteiger partial charge in [0.1, 0.15) is 0 Å². The van der Waals surface area contributed by atoms with Crippen LogP contribution in [0.1, 0.15) is 103 Å². The minimum atomic E-state index is -0.375. The van der Waals surface area contributed by atoms with E-state index < -0.39 is 0 Å². The number of anilines is 2. The van der Waals surface area contributed by atoms with Gasteiger partial charge in [-0.1, -0.05) is 51.4 Å². The summed E-state index contributed by atoms with van der Waals surface area (Å²) < 4.78 is 9.15. The number of hydrogen-bond donors (Lipinski definition) is 4. The van der Waals surface area contributed by atoms with Gasteiger partial charge < -0.3 is 56.0 Å². The van der Waals surface area contributed by atoms with Crippen molar-refractivity contribution in [1.82, 2.24) is 37.4 Å². The Balaban J connectivity index is 0.00000504. The molecule has 8 N–H and O–H groups in total. The number of quaternary nitrogens is 2. The summed E-state index contributed by atoms with van der Waals surface area (Å²) in [5.74, 6) is 1.30. The first-order valence-corrected chi connectivity index (χ1v) is 19.5. The second kappa shape index (κ2) is 23.3. The van der Waals surface area contributed by atoms with Gasteiger partial charge in [0.2, 0.25) is 11.9 Å². The highest BCUT2D eigenvalue weighted by molar-refractivity contribution is 5.75. The van der Waals surface area contributed by atoms with Crippen LogP contribution in [0.2, 0.25) is 0 Å². The predicted molar refractivity (Wildman–Crippen MR) is 207 cm³/mol. The summed E-state index contributed by atoms with van der Waals surface area (Å²) in [6, 6.07) is 0. The molecule has 0 spiro atoms. The lowest BCUT2D eigenvalue weighted by Crippen LogP contribution is -3.00. The van der Waals surface area contributed by atoms with E-state index in [0.717, 1.165) is 138 Å². The summed E-state index contributed by atoms with van der Waals surface area (Å²) in [6.45, 7) is 4.74. The molecule has 4 aromatic rings. The quantitative estimate of drug-likeness (QED) is 0.0480. The van der Waals surface area contributed by atoms with Crippen LogP contribution >= 0.6 is 0 Å². The van der Waals surface area contributed by atoms with Gasteiger partial charge in [-0.05, 0) is 51.4 Å². The number of nitrogens with one attached hydrogen (secondary N) is 2. The van der Waals surface area contributed by atoms with E-state index in [9.17, 15) is 19.2 Å². The highest BCUT2D eigenvalue weighted by Gasteiger charge is 2.20. The molecular formula is C36H64Cl2N12O4. The number of imidazole rings is 2. The maximum atomic E-state index is 13.2. The normalized spacial score (nSPS) is 11.3. The molecule has 0 amide bonds. The van der Waals surface area contributed by atoms with E-state index in [1.54, 1.807) is 14.1 Å². The van der Waals surface area contributed by atoms with Crippen LogP contribution in [0, 0.1) is 0 Å². The summed E-state index contributed by atoms with van der Waals surface area (Å²) in [5.41, 5.74) is 8.23. The molecule has 0 unspecified atom stereocenters. The average Bonchev–Trinajstić information content (AvgIpc) is 3.70. The molecule has 0 fully saturated rings.